The third-order valence-corrected chi connectivity index (χ3v) is 3.24. The minimum atomic E-state index is -0.135. The van der Waals surface area contributed by atoms with E-state index in [-0.39, 0.29) is 11.9 Å². The Morgan fingerprint density at radius 3 is 3.21 bits per heavy atom. The Hall–Kier alpha value is -0.410. The van der Waals surface area contributed by atoms with Gasteiger partial charge in [0.1, 0.15) is 6.10 Å². The van der Waals surface area contributed by atoms with Crippen molar-refractivity contribution < 1.29 is 9.53 Å². The molecule has 0 N–H and O–H groups in total. The van der Waals surface area contributed by atoms with Gasteiger partial charge in [-0.2, -0.15) is 0 Å². The van der Waals surface area contributed by atoms with Crippen LogP contribution in [0.3, 0.4) is 0 Å². The van der Waals surface area contributed by atoms with Crippen LogP contribution in [0, 0.1) is 0 Å². The minimum Gasteiger partial charge on any atom is -0.367 e. The summed E-state index contributed by atoms with van der Waals surface area (Å²) in [7, 11) is 0. The lowest BCUT2D eigenvalue weighted by atomic mass is 10.1. The normalized spacial score (nSPS) is 32.9. The Morgan fingerprint density at radius 2 is 2.43 bits per heavy atom. The molecule has 80 valence electrons. The van der Waals surface area contributed by atoms with E-state index in [1.54, 1.807) is 0 Å². The summed E-state index contributed by atoms with van der Waals surface area (Å²) in [5.41, 5.74) is 0. The Morgan fingerprint density at radius 1 is 1.57 bits per heavy atom. The van der Waals surface area contributed by atoms with Crippen molar-refractivity contribution in [1.82, 2.24) is 4.90 Å². The standard InChI is InChI=1S/C11H19NO2/c1-2-4-10(13)11-7-12-6-3-5-9(12)8-14-11/h9,11H,2-8H2,1H3. The van der Waals surface area contributed by atoms with Gasteiger partial charge in [0.25, 0.3) is 0 Å². The number of nitrogens with zero attached hydrogens (tertiary/aromatic N) is 1. The van der Waals surface area contributed by atoms with Gasteiger partial charge in [0.05, 0.1) is 6.61 Å². The van der Waals surface area contributed by atoms with Crippen molar-refractivity contribution in [2.24, 2.45) is 0 Å². The molecule has 0 aromatic heterocycles. The van der Waals surface area contributed by atoms with Crippen LogP contribution in [0.2, 0.25) is 0 Å². The highest BCUT2D eigenvalue weighted by molar-refractivity contribution is 5.83. The van der Waals surface area contributed by atoms with Crippen molar-refractivity contribution in [2.75, 3.05) is 19.7 Å². The van der Waals surface area contributed by atoms with E-state index >= 15 is 0 Å². The van der Waals surface area contributed by atoms with Crippen LogP contribution in [0.4, 0.5) is 0 Å². The minimum absolute atomic E-state index is 0.135. The second-order valence-corrected chi connectivity index (χ2v) is 4.33. The monoisotopic (exact) mass is 197 g/mol. The molecular weight excluding hydrogens is 178 g/mol. The molecule has 3 nitrogen and oxygen atoms in total. The Labute approximate surface area is 85.4 Å². The summed E-state index contributed by atoms with van der Waals surface area (Å²) in [4.78, 5) is 14.1. The number of ketones is 1. The van der Waals surface area contributed by atoms with Gasteiger partial charge in [-0.1, -0.05) is 6.92 Å². The fourth-order valence-corrected chi connectivity index (χ4v) is 2.42. The zero-order chi connectivity index (χ0) is 9.97. The predicted octanol–water partition coefficient (Wildman–Crippen LogP) is 1.22. The van der Waals surface area contributed by atoms with Gasteiger partial charge in [-0.25, -0.2) is 0 Å². The molecule has 2 aliphatic rings. The smallest absolute Gasteiger partial charge is 0.162 e. The predicted molar refractivity (Wildman–Crippen MR) is 54.3 cm³/mol. The third-order valence-electron chi connectivity index (χ3n) is 3.24. The summed E-state index contributed by atoms with van der Waals surface area (Å²) >= 11 is 0. The molecule has 2 heterocycles. The van der Waals surface area contributed by atoms with Crippen LogP contribution in [0.1, 0.15) is 32.6 Å². The average molecular weight is 197 g/mol. The van der Waals surface area contributed by atoms with Crippen molar-refractivity contribution >= 4 is 5.78 Å². The van der Waals surface area contributed by atoms with E-state index in [0.717, 1.165) is 26.1 Å². The van der Waals surface area contributed by atoms with Crippen LogP contribution < -0.4 is 0 Å². The molecule has 2 rings (SSSR count). The molecule has 0 aromatic rings. The fraction of sp³-hybridized carbons (Fsp3) is 0.909. The van der Waals surface area contributed by atoms with E-state index in [2.05, 4.69) is 4.90 Å². The Bertz CT molecular complexity index is 217. The van der Waals surface area contributed by atoms with Crippen LogP contribution in [-0.4, -0.2) is 42.5 Å². The number of hydrogen-bond donors (Lipinski definition) is 0. The quantitative estimate of drug-likeness (QED) is 0.681. The van der Waals surface area contributed by atoms with Crippen LogP contribution in [0.5, 0.6) is 0 Å². The molecule has 0 saturated carbocycles. The molecule has 2 atom stereocenters. The molecule has 2 fully saturated rings. The van der Waals surface area contributed by atoms with Gasteiger partial charge < -0.3 is 4.74 Å². The van der Waals surface area contributed by atoms with Gasteiger partial charge in [-0.15, -0.1) is 0 Å². The zero-order valence-corrected chi connectivity index (χ0v) is 8.87. The van der Waals surface area contributed by atoms with E-state index in [1.807, 2.05) is 6.92 Å². The highest BCUT2D eigenvalue weighted by Gasteiger charge is 2.34. The van der Waals surface area contributed by atoms with Crippen molar-refractivity contribution in [3.63, 3.8) is 0 Å². The van der Waals surface area contributed by atoms with Crippen molar-refractivity contribution in [3.8, 4) is 0 Å². The molecule has 0 aromatic carbocycles. The van der Waals surface area contributed by atoms with Crippen molar-refractivity contribution in [1.29, 1.82) is 0 Å². The lowest BCUT2D eigenvalue weighted by Gasteiger charge is -2.34. The second-order valence-electron chi connectivity index (χ2n) is 4.33. The first-order valence-electron chi connectivity index (χ1n) is 5.69. The number of carbonyl (C=O) groups excluding carboxylic acids is 1. The average Bonchev–Trinajstić information content (AvgIpc) is 2.64. The third kappa shape index (κ3) is 1.98. The maximum Gasteiger partial charge on any atom is 0.162 e. The lowest BCUT2D eigenvalue weighted by Crippen LogP contribution is -2.48. The number of fused-ring (bicyclic) bond motifs is 1. The first kappa shape index (κ1) is 10.1. The van der Waals surface area contributed by atoms with Gasteiger partial charge in [-0.3, -0.25) is 9.69 Å². The van der Waals surface area contributed by atoms with E-state index in [4.69, 9.17) is 4.74 Å². The van der Waals surface area contributed by atoms with Crippen LogP contribution in [-0.2, 0) is 9.53 Å². The van der Waals surface area contributed by atoms with Crippen LogP contribution >= 0.6 is 0 Å². The SMILES string of the molecule is CCCC(=O)C1CN2CCCC2CO1. The number of morpholine rings is 1. The summed E-state index contributed by atoms with van der Waals surface area (Å²) in [6.45, 7) is 4.80. The molecular formula is C11H19NO2. The molecule has 3 heteroatoms. The summed E-state index contributed by atoms with van der Waals surface area (Å²) in [5.74, 6) is 0.290. The lowest BCUT2D eigenvalue weighted by molar-refractivity contribution is -0.138. The van der Waals surface area contributed by atoms with Gasteiger partial charge in [-0.05, 0) is 25.8 Å². The first-order chi connectivity index (χ1) is 6.81. The number of hydrogen-bond acceptors (Lipinski definition) is 3. The number of carbonyl (C=O) groups is 1. The summed E-state index contributed by atoms with van der Waals surface area (Å²) in [5, 5.41) is 0. The molecule has 2 unspecified atom stereocenters. The molecule has 0 amide bonds. The molecule has 14 heavy (non-hydrogen) atoms. The highest BCUT2D eigenvalue weighted by atomic mass is 16.5. The van der Waals surface area contributed by atoms with Crippen molar-refractivity contribution in [3.05, 3.63) is 0 Å². The molecule has 2 aliphatic heterocycles. The van der Waals surface area contributed by atoms with Gasteiger partial charge in [0.2, 0.25) is 0 Å². The second kappa shape index (κ2) is 4.41. The highest BCUT2D eigenvalue weighted by Crippen LogP contribution is 2.23. The number of Topliss-reactive ketones (excluding diaryl/α,β-unsaturated/α-hetero) is 1. The summed E-state index contributed by atoms with van der Waals surface area (Å²) in [6, 6.07) is 0.598. The van der Waals surface area contributed by atoms with E-state index < -0.39 is 0 Å². The maximum absolute atomic E-state index is 11.6. The summed E-state index contributed by atoms with van der Waals surface area (Å²) in [6.07, 6.45) is 3.98. The Balaban J connectivity index is 1.87. The van der Waals surface area contributed by atoms with E-state index in [0.29, 0.717) is 12.5 Å². The van der Waals surface area contributed by atoms with Crippen LogP contribution in [0.15, 0.2) is 0 Å². The first-order valence-corrected chi connectivity index (χ1v) is 5.69. The van der Waals surface area contributed by atoms with E-state index in [1.165, 1.54) is 12.8 Å². The van der Waals surface area contributed by atoms with Gasteiger partial charge >= 0.3 is 0 Å². The Kier molecular flexibility index (Phi) is 3.19. The molecule has 0 bridgehead atoms. The van der Waals surface area contributed by atoms with E-state index in [9.17, 15) is 4.79 Å². The molecule has 0 spiro atoms. The maximum atomic E-state index is 11.6. The topological polar surface area (TPSA) is 29.5 Å². The van der Waals surface area contributed by atoms with Gasteiger partial charge in [0.15, 0.2) is 5.78 Å². The molecule has 0 aliphatic carbocycles. The molecule has 2 saturated heterocycles. The number of rotatable bonds is 3. The largest absolute Gasteiger partial charge is 0.367 e. The zero-order valence-electron chi connectivity index (χ0n) is 8.87. The fourth-order valence-electron chi connectivity index (χ4n) is 2.42. The summed E-state index contributed by atoms with van der Waals surface area (Å²) < 4.78 is 5.62. The van der Waals surface area contributed by atoms with Crippen molar-refractivity contribution in [2.45, 2.75) is 44.8 Å². The molecule has 0 radical (unpaired) electrons. The van der Waals surface area contributed by atoms with Crippen LogP contribution in [0.25, 0.3) is 0 Å². The number of ether oxygens (including phenoxy) is 1. The van der Waals surface area contributed by atoms with Gasteiger partial charge in [0, 0.05) is 19.0 Å².